The van der Waals surface area contributed by atoms with E-state index in [-0.39, 0.29) is 5.57 Å². The van der Waals surface area contributed by atoms with Crippen LogP contribution in [0.5, 0.6) is 0 Å². The zero-order valence-corrected chi connectivity index (χ0v) is 26.9. The summed E-state index contributed by atoms with van der Waals surface area (Å²) >= 11 is 0. The summed E-state index contributed by atoms with van der Waals surface area (Å²) in [6.07, 6.45) is -6.76. The van der Waals surface area contributed by atoms with Gasteiger partial charge in [-0.25, -0.2) is 4.79 Å². The normalized spacial score (nSPS) is 35.0. The molecule has 14 heteroatoms. The van der Waals surface area contributed by atoms with Crippen molar-refractivity contribution in [2.75, 3.05) is 13.2 Å². The zero-order valence-electron chi connectivity index (χ0n) is 26.9. The van der Waals surface area contributed by atoms with E-state index in [1.54, 1.807) is 6.92 Å². The van der Waals surface area contributed by atoms with Crippen molar-refractivity contribution in [1.29, 1.82) is 0 Å². The molecule has 0 radical (unpaired) electrons. The Bertz CT molecular complexity index is 1070. The van der Waals surface area contributed by atoms with Gasteiger partial charge in [-0.3, -0.25) is 0 Å². The maximum Gasteiger partial charge on any atom is 0.331 e. The fourth-order valence-electron chi connectivity index (χ4n) is 5.19. The molecule has 0 bridgehead atoms. The van der Waals surface area contributed by atoms with E-state index in [0.717, 1.165) is 17.6 Å². The topological polar surface area (TPSA) is 236 Å². The molecule has 0 saturated carbocycles. The molecule has 0 aliphatic carbocycles. The number of allylic oxidation sites excluding steroid dienone is 3. The smallest absolute Gasteiger partial charge is 0.331 e. The summed E-state index contributed by atoms with van der Waals surface area (Å²) in [5.41, 5.74) is 1.05. The Morgan fingerprint density at radius 3 is 2.00 bits per heavy atom. The number of carbonyl (C=O) groups is 1. The summed E-state index contributed by atoms with van der Waals surface area (Å²) < 4.78 is 23.1. The van der Waals surface area contributed by atoms with Crippen molar-refractivity contribution >= 4 is 5.97 Å². The van der Waals surface area contributed by atoms with Gasteiger partial charge in [-0.2, -0.15) is 0 Å². The molecule has 14 nitrogen and oxygen atoms in total. The molecule has 0 amide bonds. The number of ether oxygens (including phenoxy) is 4. The van der Waals surface area contributed by atoms with Gasteiger partial charge in [-0.05, 0) is 65.9 Å². The first-order valence-corrected chi connectivity index (χ1v) is 15.4. The Kier molecular flexibility index (Phi) is 16.1. The van der Waals surface area contributed by atoms with Crippen LogP contribution in [-0.2, 0) is 23.7 Å². The second-order valence-electron chi connectivity index (χ2n) is 12.2. The molecular weight excluding hydrogens is 608 g/mol. The van der Waals surface area contributed by atoms with E-state index in [9.17, 15) is 45.6 Å². The van der Waals surface area contributed by atoms with Gasteiger partial charge in [0.05, 0.1) is 24.9 Å². The monoisotopic (exact) mass is 660 g/mol. The number of carboxylic acids is 1. The fraction of sp³-hybridized carbons (Fsp3) is 0.719. The largest absolute Gasteiger partial charge is 0.478 e. The lowest BCUT2D eigenvalue weighted by Crippen LogP contribution is -2.65. The Morgan fingerprint density at radius 2 is 1.43 bits per heavy atom. The highest BCUT2D eigenvalue weighted by atomic mass is 16.8. The van der Waals surface area contributed by atoms with Crippen LogP contribution >= 0.6 is 0 Å². The molecule has 0 aromatic heterocycles. The molecule has 12 atom stereocenters. The van der Waals surface area contributed by atoms with Crippen LogP contribution in [0, 0.1) is 0 Å². The molecule has 2 aliphatic rings. The summed E-state index contributed by atoms with van der Waals surface area (Å²) in [5, 5.41) is 90.3. The number of hydrogen-bond donors (Lipinski definition) is 9. The molecule has 9 N–H and O–H groups in total. The highest BCUT2D eigenvalue weighted by Gasteiger charge is 2.51. The van der Waals surface area contributed by atoms with Crippen molar-refractivity contribution in [1.82, 2.24) is 0 Å². The summed E-state index contributed by atoms with van der Waals surface area (Å²) in [4.78, 5) is 10.9. The van der Waals surface area contributed by atoms with Crippen LogP contribution in [0.2, 0.25) is 0 Å². The van der Waals surface area contributed by atoms with Crippen molar-refractivity contribution in [2.24, 2.45) is 0 Å². The second-order valence-corrected chi connectivity index (χ2v) is 12.2. The number of carboxylic acid groups (broad SMARTS) is 1. The summed E-state index contributed by atoms with van der Waals surface area (Å²) in [6.45, 7) is 9.51. The van der Waals surface area contributed by atoms with Crippen molar-refractivity contribution in [2.45, 2.75) is 133 Å². The van der Waals surface area contributed by atoms with Crippen molar-refractivity contribution < 1.29 is 69.7 Å². The molecule has 2 rings (SSSR count). The molecule has 0 aromatic carbocycles. The van der Waals surface area contributed by atoms with E-state index in [0.29, 0.717) is 25.7 Å². The van der Waals surface area contributed by atoms with Crippen LogP contribution in [0.3, 0.4) is 0 Å². The predicted molar refractivity (Wildman–Crippen MR) is 164 cm³/mol. The van der Waals surface area contributed by atoms with Crippen molar-refractivity contribution in [3.05, 3.63) is 47.6 Å². The minimum absolute atomic E-state index is 0.0865. The van der Waals surface area contributed by atoms with E-state index in [1.807, 2.05) is 26.0 Å². The minimum Gasteiger partial charge on any atom is -0.478 e. The third-order valence-electron chi connectivity index (χ3n) is 8.26. The van der Waals surface area contributed by atoms with Gasteiger partial charge in [0.15, 0.2) is 12.6 Å². The summed E-state index contributed by atoms with van der Waals surface area (Å²) in [6, 6.07) is 0. The van der Waals surface area contributed by atoms with Gasteiger partial charge in [-0.1, -0.05) is 29.4 Å². The molecule has 0 aromatic rings. The van der Waals surface area contributed by atoms with Gasteiger partial charge < -0.3 is 64.9 Å². The maximum atomic E-state index is 10.9. The Balaban J connectivity index is 2.06. The highest BCUT2D eigenvalue weighted by molar-refractivity contribution is 5.85. The average molecular weight is 661 g/mol. The van der Waals surface area contributed by atoms with E-state index < -0.39 is 92.3 Å². The quantitative estimate of drug-likeness (QED) is 0.0727. The SMILES string of the molecule is C=C[C@](C)(CC/C=C(\C)CC/C=C(\C)C[C@@H](O)/C=C(\C)C(=O)O)O[C@@H]1O[C@H](CO)[C@@H](O)[C@H](O)[C@H]1O[C@@H]1O[C@H](CO)[C@@H](O)[C@H](O)[C@H]1O. The number of hydrogen-bond acceptors (Lipinski definition) is 13. The average Bonchev–Trinajstić information content (AvgIpc) is 3.00. The molecule has 46 heavy (non-hydrogen) atoms. The van der Waals surface area contributed by atoms with Crippen LogP contribution in [0.4, 0.5) is 0 Å². The second kappa shape index (κ2) is 18.5. The molecule has 0 spiro atoms. The number of aliphatic hydroxyl groups is 8. The van der Waals surface area contributed by atoms with E-state index in [2.05, 4.69) is 6.58 Å². The molecule has 2 aliphatic heterocycles. The van der Waals surface area contributed by atoms with Gasteiger partial charge in [0.25, 0.3) is 0 Å². The number of aliphatic carboxylic acids is 1. The van der Waals surface area contributed by atoms with Crippen LogP contribution in [0.15, 0.2) is 47.6 Å². The highest BCUT2D eigenvalue weighted by Crippen LogP contribution is 2.33. The lowest BCUT2D eigenvalue weighted by molar-refractivity contribution is -0.375. The van der Waals surface area contributed by atoms with Crippen LogP contribution < -0.4 is 0 Å². The first-order valence-electron chi connectivity index (χ1n) is 15.4. The first kappa shape index (κ1) is 40.1. The number of rotatable bonds is 17. The molecule has 2 fully saturated rings. The summed E-state index contributed by atoms with van der Waals surface area (Å²) in [7, 11) is 0. The maximum absolute atomic E-state index is 10.9. The van der Waals surface area contributed by atoms with Crippen LogP contribution in [0.25, 0.3) is 0 Å². The molecule has 264 valence electrons. The minimum atomic E-state index is -1.78. The van der Waals surface area contributed by atoms with Gasteiger partial charge in [0, 0.05) is 5.57 Å². The Morgan fingerprint density at radius 1 is 0.870 bits per heavy atom. The van der Waals surface area contributed by atoms with Crippen molar-refractivity contribution in [3.63, 3.8) is 0 Å². The van der Waals surface area contributed by atoms with Crippen molar-refractivity contribution in [3.8, 4) is 0 Å². The predicted octanol–water partition coefficient (Wildman–Crippen LogP) is -0.193. The first-order chi connectivity index (χ1) is 21.6. The third kappa shape index (κ3) is 11.3. The van der Waals surface area contributed by atoms with Crippen LogP contribution in [-0.4, -0.2) is 138 Å². The van der Waals surface area contributed by atoms with Gasteiger partial charge in [0.1, 0.15) is 48.8 Å². The molecule has 0 unspecified atom stereocenters. The Labute approximate surface area is 269 Å². The molecule has 2 saturated heterocycles. The van der Waals surface area contributed by atoms with Gasteiger partial charge in [0.2, 0.25) is 0 Å². The lowest BCUT2D eigenvalue weighted by Gasteiger charge is -2.47. The zero-order chi connectivity index (χ0) is 34.8. The van der Waals surface area contributed by atoms with E-state index >= 15 is 0 Å². The standard InChI is InChI=1S/C32H52O14/c1-6-32(5,12-8-11-17(2)9-7-10-18(3)13-20(35)14-19(4)29(41)42)46-31-28(26(39)24(37)22(16-34)44-31)45-30-27(40)25(38)23(36)21(15-33)43-30/h6,10-11,14,20-28,30-31,33-40H,1,7-9,12-13,15-16H2,2-5H3,(H,41,42)/b17-11+,18-10+,19-14+/t20-,21-,22-,23-,24-,25+,26+,27-,28-,30+,31+,32-/m1/s1. The van der Waals surface area contributed by atoms with E-state index in [4.69, 9.17) is 24.1 Å². The Hall–Kier alpha value is -2.05. The molecule has 2 heterocycles. The fourth-order valence-corrected chi connectivity index (χ4v) is 5.19. The third-order valence-corrected chi connectivity index (χ3v) is 8.26. The van der Waals surface area contributed by atoms with Gasteiger partial charge >= 0.3 is 5.97 Å². The van der Waals surface area contributed by atoms with Gasteiger partial charge in [-0.15, -0.1) is 6.58 Å². The van der Waals surface area contributed by atoms with Crippen LogP contribution in [0.1, 0.15) is 59.8 Å². The molecular formula is C32H52O14. The summed E-state index contributed by atoms with van der Waals surface area (Å²) in [5.74, 6) is -1.07. The lowest BCUT2D eigenvalue weighted by atomic mass is 9.95. The number of aliphatic hydroxyl groups excluding tert-OH is 8. The van der Waals surface area contributed by atoms with E-state index in [1.165, 1.54) is 19.1 Å².